The fourth-order valence-electron chi connectivity index (χ4n) is 2.30. The molecule has 0 heterocycles. The van der Waals surface area contributed by atoms with E-state index in [1.807, 2.05) is 0 Å². The van der Waals surface area contributed by atoms with Crippen LogP contribution in [0.2, 0.25) is 0 Å². The maximum absolute atomic E-state index is 13.4. The van der Waals surface area contributed by atoms with Crippen molar-refractivity contribution in [2.24, 2.45) is 0 Å². The maximum Gasteiger partial charge on any atom is 0.126 e. The van der Waals surface area contributed by atoms with E-state index in [9.17, 15) is 8.78 Å². The Balaban J connectivity index is 3.10. The van der Waals surface area contributed by atoms with Crippen LogP contribution in [0.1, 0.15) is 53.0 Å². The number of nitrogens with one attached hydrogen (secondary N) is 1. The molecule has 0 spiro atoms. The van der Waals surface area contributed by atoms with E-state index in [0.29, 0.717) is 6.54 Å². The van der Waals surface area contributed by atoms with Crippen LogP contribution in [0.4, 0.5) is 8.78 Å². The van der Waals surface area contributed by atoms with Gasteiger partial charge in [0.15, 0.2) is 0 Å². The van der Waals surface area contributed by atoms with E-state index >= 15 is 0 Å². The van der Waals surface area contributed by atoms with Crippen molar-refractivity contribution >= 4 is 0 Å². The fourth-order valence-corrected chi connectivity index (χ4v) is 2.30. The first-order valence-electron chi connectivity index (χ1n) is 6.94. The average molecular weight is 269 g/mol. The monoisotopic (exact) mass is 269 g/mol. The Hall–Kier alpha value is -0.960. The van der Waals surface area contributed by atoms with Crippen molar-refractivity contribution < 1.29 is 8.78 Å². The lowest BCUT2D eigenvalue weighted by atomic mass is 9.75. The summed E-state index contributed by atoms with van der Waals surface area (Å²) >= 11 is 0. The highest BCUT2D eigenvalue weighted by Crippen LogP contribution is 2.32. The van der Waals surface area contributed by atoms with Crippen molar-refractivity contribution in [3.8, 4) is 0 Å². The number of benzene rings is 1. The molecule has 0 unspecified atom stereocenters. The third-order valence-electron chi connectivity index (χ3n) is 3.79. The van der Waals surface area contributed by atoms with E-state index in [-0.39, 0.29) is 11.0 Å². The first kappa shape index (κ1) is 16.1. The molecule has 0 bridgehead atoms. The molecule has 0 aliphatic heterocycles. The minimum Gasteiger partial charge on any atom is -0.311 e. The summed E-state index contributed by atoms with van der Waals surface area (Å²) in [5.41, 5.74) is 0.504. The lowest BCUT2D eigenvalue weighted by Gasteiger charge is -2.36. The molecule has 0 atom stereocenters. The molecule has 1 rings (SSSR count). The van der Waals surface area contributed by atoms with Crippen LogP contribution in [0, 0.1) is 11.6 Å². The molecule has 0 radical (unpaired) electrons. The quantitative estimate of drug-likeness (QED) is 0.835. The van der Waals surface area contributed by atoms with E-state index in [0.717, 1.165) is 24.5 Å². The molecule has 3 heteroatoms. The highest BCUT2D eigenvalue weighted by molar-refractivity contribution is 5.27. The lowest BCUT2D eigenvalue weighted by molar-refractivity contribution is 0.311. The SMILES string of the molecule is CCC(CC)(CNC(C)(C)C)c1cc(F)cc(F)c1. The van der Waals surface area contributed by atoms with Gasteiger partial charge >= 0.3 is 0 Å². The highest BCUT2D eigenvalue weighted by Gasteiger charge is 2.30. The predicted molar refractivity (Wildman–Crippen MR) is 76.4 cm³/mol. The Morgan fingerprint density at radius 1 is 0.947 bits per heavy atom. The van der Waals surface area contributed by atoms with E-state index in [4.69, 9.17) is 0 Å². The number of halogens is 2. The number of hydrogen-bond donors (Lipinski definition) is 1. The molecule has 1 aromatic carbocycles. The molecule has 0 saturated heterocycles. The second kappa shape index (κ2) is 6.00. The van der Waals surface area contributed by atoms with Gasteiger partial charge in [0.05, 0.1) is 0 Å². The van der Waals surface area contributed by atoms with Crippen LogP contribution < -0.4 is 5.32 Å². The van der Waals surface area contributed by atoms with Crippen molar-refractivity contribution in [2.45, 2.75) is 58.4 Å². The highest BCUT2D eigenvalue weighted by atomic mass is 19.1. The Morgan fingerprint density at radius 3 is 1.79 bits per heavy atom. The number of rotatable bonds is 5. The van der Waals surface area contributed by atoms with Crippen LogP contribution in [0.15, 0.2) is 18.2 Å². The van der Waals surface area contributed by atoms with Crippen molar-refractivity contribution in [1.29, 1.82) is 0 Å². The van der Waals surface area contributed by atoms with Gasteiger partial charge in [-0.3, -0.25) is 0 Å². The summed E-state index contributed by atoms with van der Waals surface area (Å²) in [4.78, 5) is 0. The van der Waals surface area contributed by atoms with Gasteiger partial charge in [-0.1, -0.05) is 13.8 Å². The normalized spacial score (nSPS) is 12.8. The maximum atomic E-state index is 13.4. The molecule has 0 fully saturated rings. The first-order valence-corrected chi connectivity index (χ1v) is 6.94. The van der Waals surface area contributed by atoms with Crippen LogP contribution in [0.3, 0.4) is 0 Å². The van der Waals surface area contributed by atoms with Gasteiger partial charge in [-0.05, 0) is 51.3 Å². The summed E-state index contributed by atoms with van der Waals surface area (Å²) < 4.78 is 26.9. The third-order valence-corrected chi connectivity index (χ3v) is 3.79. The Bertz CT molecular complexity index is 397. The molecule has 108 valence electrons. The van der Waals surface area contributed by atoms with Gasteiger partial charge in [0.2, 0.25) is 0 Å². The van der Waals surface area contributed by atoms with Gasteiger partial charge in [-0.2, -0.15) is 0 Å². The topological polar surface area (TPSA) is 12.0 Å². The van der Waals surface area contributed by atoms with Gasteiger partial charge < -0.3 is 5.32 Å². The van der Waals surface area contributed by atoms with Gasteiger partial charge in [0.25, 0.3) is 0 Å². The summed E-state index contributed by atoms with van der Waals surface area (Å²) in [6, 6.07) is 3.84. The van der Waals surface area contributed by atoms with Crippen molar-refractivity contribution in [3.05, 3.63) is 35.4 Å². The fraction of sp³-hybridized carbons (Fsp3) is 0.625. The zero-order chi connectivity index (χ0) is 14.7. The summed E-state index contributed by atoms with van der Waals surface area (Å²) in [5.74, 6) is -1.01. The minimum absolute atomic E-state index is 0.0124. The second-order valence-corrected chi connectivity index (χ2v) is 6.25. The van der Waals surface area contributed by atoms with Gasteiger partial charge in [0.1, 0.15) is 11.6 Å². The standard InChI is InChI=1S/C16H25F2N/c1-6-16(7-2,11-19-15(3,4)5)12-8-13(17)10-14(18)9-12/h8-10,19H,6-7,11H2,1-5H3. The van der Waals surface area contributed by atoms with E-state index in [2.05, 4.69) is 39.9 Å². The summed E-state index contributed by atoms with van der Waals surface area (Å²) in [6.45, 7) is 11.1. The molecule has 19 heavy (non-hydrogen) atoms. The molecular weight excluding hydrogens is 244 g/mol. The third kappa shape index (κ3) is 4.27. The molecule has 1 aromatic rings. The molecule has 0 saturated carbocycles. The smallest absolute Gasteiger partial charge is 0.126 e. The summed E-state index contributed by atoms with van der Waals surface area (Å²) in [7, 11) is 0. The molecule has 0 aromatic heterocycles. The largest absolute Gasteiger partial charge is 0.311 e. The van der Waals surface area contributed by atoms with E-state index in [1.54, 1.807) is 0 Å². The Morgan fingerprint density at radius 2 is 1.42 bits per heavy atom. The molecule has 1 nitrogen and oxygen atoms in total. The van der Waals surface area contributed by atoms with Crippen molar-refractivity contribution in [2.75, 3.05) is 6.54 Å². The summed E-state index contributed by atoms with van der Waals surface area (Å²) in [6.07, 6.45) is 1.69. The van der Waals surface area contributed by atoms with E-state index < -0.39 is 11.6 Å². The number of hydrogen-bond acceptors (Lipinski definition) is 1. The molecular formula is C16H25F2N. The van der Waals surface area contributed by atoms with Crippen molar-refractivity contribution in [1.82, 2.24) is 5.32 Å². The lowest BCUT2D eigenvalue weighted by Crippen LogP contribution is -2.45. The molecule has 0 aliphatic rings. The van der Waals surface area contributed by atoms with Crippen LogP contribution >= 0.6 is 0 Å². The Labute approximate surface area is 115 Å². The van der Waals surface area contributed by atoms with Crippen LogP contribution in [-0.4, -0.2) is 12.1 Å². The zero-order valence-corrected chi connectivity index (χ0v) is 12.6. The predicted octanol–water partition coefficient (Wildman–Crippen LogP) is 4.41. The zero-order valence-electron chi connectivity index (χ0n) is 12.6. The van der Waals surface area contributed by atoms with Crippen molar-refractivity contribution in [3.63, 3.8) is 0 Å². The van der Waals surface area contributed by atoms with Crippen LogP contribution in [0.5, 0.6) is 0 Å². The average Bonchev–Trinajstić information content (AvgIpc) is 2.28. The van der Waals surface area contributed by atoms with E-state index in [1.165, 1.54) is 12.1 Å². The van der Waals surface area contributed by atoms with Gasteiger partial charge in [-0.15, -0.1) is 0 Å². The Kier molecular flexibility index (Phi) is 5.08. The van der Waals surface area contributed by atoms with Crippen LogP contribution in [0.25, 0.3) is 0 Å². The van der Waals surface area contributed by atoms with Crippen LogP contribution in [-0.2, 0) is 5.41 Å². The molecule has 0 aliphatic carbocycles. The summed E-state index contributed by atoms with van der Waals surface area (Å²) in [5, 5.41) is 3.46. The van der Waals surface area contributed by atoms with Gasteiger partial charge in [0, 0.05) is 23.6 Å². The minimum atomic E-state index is -0.503. The molecule has 1 N–H and O–H groups in total. The van der Waals surface area contributed by atoms with Gasteiger partial charge in [-0.25, -0.2) is 8.78 Å². The second-order valence-electron chi connectivity index (χ2n) is 6.25. The molecule has 0 amide bonds. The first-order chi connectivity index (χ1) is 8.72.